The molecule has 3 aliphatic rings. The van der Waals surface area contributed by atoms with Crippen molar-refractivity contribution in [2.75, 3.05) is 6.61 Å². The number of ether oxygens (including phenoxy) is 2. The first kappa shape index (κ1) is 19.2. The van der Waals surface area contributed by atoms with Crippen LogP contribution in [0.25, 0.3) is 5.57 Å². The fourth-order valence-corrected chi connectivity index (χ4v) is 5.33. The van der Waals surface area contributed by atoms with E-state index in [1.165, 1.54) is 28.7 Å². The number of carbonyl (C=O) groups is 1. The Labute approximate surface area is 177 Å². The number of carboxylic acid groups (broad SMARTS) is 1. The second-order valence-electron chi connectivity index (χ2n) is 9.36. The van der Waals surface area contributed by atoms with Crippen LogP contribution < -0.4 is 9.47 Å². The van der Waals surface area contributed by atoms with E-state index in [1.807, 2.05) is 18.2 Å². The van der Waals surface area contributed by atoms with Crippen molar-refractivity contribution in [3.63, 3.8) is 0 Å². The van der Waals surface area contributed by atoms with Crippen LogP contribution in [0.15, 0.2) is 42.5 Å². The molecule has 5 rings (SSSR count). The summed E-state index contributed by atoms with van der Waals surface area (Å²) in [7, 11) is 0. The van der Waals surface area contributed by atoms with Gasteiger partial charge in [-0.15, -0.1) is 0 Å². The third kappa shape index (κ3) is 3.28. The molecule has 30 heavy (non-hydrogen) atoms. The normalized spacial score (nSPS) is 23.5. The molecule has 4 nitrogen and oxygen atoms in total. The highest BCUT2D eigenvalue weighted by Gasteiger charge is 2.33. The molecule has 4 heteroatoms. The molecular weight excluding hydrogens is 376 g/mol. The molecule has 0 saturated carbocycles. The zero-order valence-electron chi connectivity index (χ0n) is 17.6. The Morgan fingerprint density at radius 2 is 2.10 bits per heavy atom. The molecular formula is C26H28O4. The van der Waals surface area contributed by atoms with Gasteiger partial charge in [-0.25, -0.2) is 0 Å². The first-order chi connectivity index (χ1) is 14.4. The van der Waals surface area contributed by atoms with Gasteiger partial charge in [0.05, 0.1) is 13.0 Å². The standard InChI is InChI=1S/C26H28O4/c1-26(2)12-4-7-22(26)20-5-3-6-21-19(20)10-11-23(21)30-17-8-9-18-16(13-25(27)28)15-29-24(18)14-17/h3,5-9,14,16,23H,4,10-13,15H2,1-2H3,(H,27,28)/t16-,23-/m1/s1. The van der Waals surface area contributed by atoms with Crippen molar-refractivity contribution >= 4 is 11.5 Å². The minimum Gasteiger partial charge on any atom is -0.492 e. The smallest absolute Gasteiger partial charge is 0.304 e. The largest absolute Gasteiger partial charge is 0.492 e. The number of benzene rings is 2. The quantitative estimate of drug-likeness (QED) is 0.673. The summed E-state index contributed by atoms with van der Waals surface area (Å²) < 4.78 is 12.1. The van der Waals surface area contributed by atoms with Crippen LogP contribution >= 0.6 is 0 Å². The molecule has 0 spiro atoms. The van der Waals surface area contributed by atoms with E-state index in [1.54, 1.807) is 0 Å². The lowest BCUT2D eigenvalue weighted by molar-refractivity contribution is -0.137. The Kier molecular flexibility index (Phi) is 4.61. The van der Waals surface area contributed by atoms with Crippen molar-refractivity contribution in [1.29, 1.82) is 0 Å². The van der Waals surface area contributed by atoms with E-state index in [-0.39, 0.29) is 23.9 Å². The summed E-state index contributed by atoms with van der Waals surface area (Å²) in [6.07, 6.45) is 6.92. The van der Waals surface area contributed by atoms with Crippen LogP contribution in [0.5, 0.6) is 11.5 Å². The number of hydrogen-bond acceptors (Lipinski definition) is 3. The van der Waals surface area contributed by atoms with Gasteiger partial charge in [0.15, 0.2) is 0 Å². The predicted molar refractivity (Wildman–Crippen MR) is 116 cm³/mol. The average molecular weight is 405 g/mol. The molecule has 0 radical (unpaired) electrons. The van der Waals surface area contributed by atoms with E-state index in [2.05, 4.69) is 38.1 Å². The van der Waals surface area contributed by atoms with Gasteiger partial charge in [0, 0.05) is 17.5 Å². The lowest BCUT2D eigenvalue weighted by Gasteiger charge is -2.25. The maximum Gasteiger partial charge on any atom is 0.304 e. The second kappa shape index (κ2) is 7.19. The Morgan fingerprint density at radius 1 is 1.23 bits per heavy atom. The third-order valence-corrected chi connectivity index (χ3v) is 6.92. The highest BCUT2D eigenvalue weighted by Crippen LogP contribution is 2.48. The number of aliphatic carboxylic acids is 1. The molecule has 2 aromatic rings. The number of allylic oxidation sites excluding steroid dienone is 2. The van der Waals surface area contributed by atoms with Gasteiger partial charge in [0.2, 0.25) is 0 Å². The lowest BCUT2D eigenvalue weighted by Crippen LogP contribution is -2.10. The van der Waals surface area contributed by atoms with Gasteiger partial charge in [0.25, 0.3) is 0 Å². The monoisotopic (exact) mass is 404 g/mol. The zero-order chi connectivity index (χ0) is 20.9. The SMILES string of the molecule is CC1(C)CCC=C1c1cccc2c1CC[C@H]2Oc1ccc2c(c1)OC[C@H]2CC(=O)O. The first-order valence-corrected chi connectivity index (χ1v) is 10.9. The van der Waals surface area contributed by atoms with E-state index in [0.29, 0.717) is 6.61 Å². The van der Waals surface area contributed by atoms with Crippen molar-refractivity contribution in [3.8, 4) is 11.5 Å². The summed E-state index contributed by atoms with van der Waals surface area (Å²) in [6, 6.07) is 12.5. The van der Waals surface area contributed by atoms with Crippen LogP contribution in [0, 0.1) is 5.41 Å². The molecule has 0 fully saturated rings. The van der Waals surface area contributed by atoms with Crippen LogP contribution in [0.1, 0.15) is 73.8 Å². The predicted octanol–water partition coefficient (Wildman–Crippen LogP) is 5.91. The van der Waals surface area contributed by atoms with Crippen LogP contribution in [0.3, 0.4) is 0 Å². The molecule has 1 aliphatic heterocycles. The van der Waals surface area contributed by atoms with Crippen LogP contribution in [0.2, 0.25) is 0 Å². The van der Waals surface area contributed by atoms with Gasteiger partial charge in [-0.2, -0.15) is 0 Å². The summed E-state index contributed by atoms with van der Waals surface area (Å²) in [6.45, 7) is 5.11. The molecule has 1 N–H and O–H groups in total. The highest BCUT2D eigenvalue weighted by atomic mass is 16.5. The van der Waals surface area contributed by atoms with Crippen molar-refractivity contribution in [2.24, 2.45) is 5.41 Å². The van der Waals surface area contributed by atoms with Gasteiger partial charge in [-0.05, 0) is 59.4 Å². The minimum absolute atomic E-state index is 0.0411. The molecule has 0 bridgehead atoms. The van der Waals surface area contributed by atoms with E-state index in [9.17, 15) is 4.79 Å². The maximum atomic E-state index is 11.1. The number of rotatable bonds is 5. The van der Waals surface area contributed by atoms with Gasteiger partial charge in [-0.3, -0.25) is 4.79 Å². The molecule has 2 atom stereocenters. The first-order valence-electron chi connectivity index (χ1n) is 10.9. The summed E-state index contributed by atoms with van der Waals surface area (Å²) in [5.74, 6) is 0.664. The minimum atomic E-state index is -0.796. The second-order valence-corrected chi connectivity index (χ2v) is 9.36. The third-order valence-electron chi connectivity index (χ3n) is 6.92. The van der Waals surface area contributed by atoms with Crippen molar-refractivity contribution in [1.82, 2.24) is 0 Å². The topological polar surface area (TPSA) is 55.8 Å². The molecule has 0 aromatic heterocycles. The van der Waals surface area contributed by atoms with Crippen molar-refractivity contribution in [3.05, 3.63) is 64.7 Å². The summed E-state index contributed by atoms with van der Waals surface area (Å²) in [5, 5.41) is 9.09. The highest BCUT2D eigenvalue weighted by molar-refractivity contribution is 5.75. The lowest BCUT2D eigenvalue weighted by atomic mass is 9.80. The van der Waals surface area contributed by atoms with E-state index in [0.717, 1.165) is 36.3 Å². The van der Waals surface area contributed by atoms with E-state index in [4.69, 9.17) is 14.6 Å². The molecule has 0 amide bonds. The maximum absolute atomic E-state index is 11.1. The van der Waals surface area contributed by atoms with Crippen molar-refractivity contribution in [2.45, 2.75) is 58.0 Å². The van der Waals surface area contributed by atoms with Crippen molar-refractivity contribution < 1.29 is 19.4 Å². The molecule has 2 aliphatic carbocycles. The Bertz CT molecular complexity index is 1030. The fourth-order valence-electron chi connectivity index (χ4n) is 5.33. The molecule has 1 heterocycles. The van der Waals surface area contributed by atoms with Gasteiger partial charge >= 0.3 is 5.97 Å². The van der Waals surface area contributed by atoms with Crippen LogP contribution in [-0.4, -0.2) is 17.7 Å². The summed E-state index contributed by atoms with van der Waals surface area (Å²) in [5.41, 5.74) is 6.81. The number of hydrogen-bond donors (Lipinski definition) is 1. The Hall–Kier alpha value is -2.75. The van der Waals surface area contributed by atoms with Crippen LogP contribution in [-0.2, 0) is 11.2 Å². The molecule has 0 saturated heterocycles. The van der Waals surface area contributed by atoms with E-state index < -0.39 is 5.97 Å². The zero-order valence-corrected chi connectivity index (χ0v) is 17.6. The Balaban J connectivity index is 1.38. The number of fused-ring (bicyclic) bond motifs is 2. The average Bonchev–Trinajstić information content (AvgIpc) is 3.39. The molecule has 0 unspecified atom stereocenters. The molecule has 2 aromatic carbocycles. The van der Waals surface area contributed by atoms with E-state index >= 15 is 0 Å². The number of carboxylic acids is 1. The van der Waals surface area contributed by atoms with Gasteiger partial charge in [0.1, 0.15) is 17.6 Å². The van der Waals surface area contributed by atoms with Gasteiger partial charge < -0.3 is 14.6 Å². The van der Waals surface area contributed by atoms with Crippen LogP contribution in [0.4, 0.5) is 0 Å². The summed E-state index contributed by atoms with van der Waals surface area (Å²) in [4.78, 5) is 11.1. The van der Waals surface area contributed by atoms with Gasteiger partial charge in [-0.1, -0.05) is 44.2 Å². The fraction of sp³-hybridized carbons (Fsp3) is 0.423. The summed E-state index contributed by atoms with van der Waals surface area (Å²) >= 11 is 0. The Morgan fingerprint density at radius 3 is 2.87 bits per heavy atom. The molecule has 156 valence electrons.